The van der Waals surface area contributed by atoms with Crippen LogP contribution < -0.4 is 17.2 Å². The topological polar surface area (TPSA) is 142 Å². The van der Waals surface area contributed by atoms with Crippen molar-refractivity contribution in [3.8, 4) is 11.4 Å². The van der Waals surface area contributed by atoms with E-state index in [0.717, 1.165) is 0 Å². The van der Waals surface area contributed by atoms with Gasteiger partial charge < -0.3 is 21.9 Å². The van der Waals surface area contributed by atoms with Crippen molar-refractivity contribution in [1.82, 2.24) is 9.97 Å². The Hall–Kier alpha value is -2.52. The normalized spacial score (nSPS) is 12.0. The van der Waals surface area contributed by atoms with Crippen molar-refractivity contribution in [2.45, 2.75) is 19.9 Å². The maximum absolute atomic E-state index is 12.0. The van der Waals surface area contributed by atoms with E-state index in [1.165, 1.54) is 11.3 Å². The highest BCUT2D eigenvalue weighted by molar-refractivity contribution is 7.13. The molecular formula is C15H20N6O2S. The van der Waals surface area contributed by atoms with E-state index in [2.05, 4.69) is 15.0 Å². The zero-order valence-corrected chi connectivity index (χ0v) is 14.3. The number of nitrogens with two attached hydrogens (primary N) is 3. The van der Waals surface area contributed by atoms with Crippen molar-refractivity contribution in [2.75, 3.05) is 6.61 Å². The Morgan fingerprint density at radius 2 is 2.04 bits per heavy atom. The third-order valence-corrected chi connectivity index (χ3v) is 3.62. The van der Waals surface area contributed by atoms with Crippen LogP contribution in [0.25, 0.3) is 11.4 Å². The van der Waals surface area contributed by atoms with Crippen LogP contribution in [-0.4, -0.2) is 28.5 Å². The minimum Gasteiger partial charge on any atom is -0.464 e. The second-order valence-electron chi connectivity index (χ2n) is 5.50. The Bertz CT molecular complexity index is 739. The minimum atomic E-state index is -0.945. The third kappa shape index (κ3) is 4.74. The molecule has 9 heteroatoms. The lowest BCUT2D eigenvalue weighted by Gasteiger charge is -2.13. The molecule has 0 radical (unpaired) electrons. The van der Waals surface area contributed by atoms with E-state index in [9.17, 15) is 4.79 Å². The molecule has 0 amide bonds. The molecule has 6 N–H and O–H groups in total. The molecule has 0 fully saturated rings. The molecule has 1 atom stereocenters. The van der Waals surface area contributed by atoms with Gasteiger partial charge in [-0.05, 0) is 18.1 Å². The van der Waals surface area contributed by atoms with Gasteiger partial charge in [-0.3, -0.25) is 0 Å². The number of aromatic nitrogens is 2. The fourth-order valence-electron chi connectivity index (χ4n) is 1.77. The van der Waals surface area contributed by atoms with Gasteiger partial charge in [0.25, 0.3) is 0 Å². The third-order valence-electron chi connectivity index (χ3n) is 2.88. The number of esters is 1. The van der Waals surface area contributed by atoms with Gasteiger partial charge in [-0.25, -0.2) is 14.8 Å². The maximum atomic E-state index is 12.0. The highest BCUT2D eigenvalue weighted by Crippen LogP contribution is 2.26. The van der Waals surface area contributed by atoms with E-state index in [1.807, 2.05) is 13.8 Å². The Labute approximate surface area is 143 Å². The molecule has 0 aromatic carbocycles. The number of hydrogen-bond donors (Lipinski definition) is 3. The number of hydrogen-bond acceptors (Lipinski definition) is 7. The Morgan fingerprint density at radius 3 is 2.71 bits per heavy atom. The summed E-state index contributed by atoms with van der Waals surface area (Å²) in [5.41, 5.74) is 18.2. The summed E-state index contributed by atoms with van der Waals surface area (Å²) < 4.78 is 5.15. The molecule has 0 spiro atoms. The summed E-state index contributed by atoms with van der Waals surface area (Å²) in [6, 6.07) is 4.25. The molecule has 0 aliphatic rings. The van der Waals surface area contributed by atoms with Crippen LogP contribution in [0.3, 0.4) is 0 Å². The summed E-state index contributed by atoms with van der Waals surface area (Å²) >= 11 is 1.28. The second kappa shape index (κ2) is 7.84. The average Bonchev–Trinajstić information content (AvgIpc) is 2.99. The fraction of sp³-hybridized carbons (Fsp3) is 0.333. The van der Waals surface area contributed by atoms with Crippen LogP contribution in [-0.2, 0) is 9.53 Å². The molecule has 128 valence electrons. The van der Waals surface area contributed by atoms with Crippen LogP contribution >= 0.6 is 11.3 Å². The van der Waals surface area contributed by atoms with E-state index in [-0.39, 0.29) is 11.9 Å². The van der Waals surface area contributed by atoms with E-state index >= 15 is 0 Å². The van der Waals surface area contributed by atoms with Gasteiger partial charge in [0.15, 0.2) is 5.96 Å². The SMILES string of the molecule is CC(C)COC(=O)C(N)c1cccc(-c2csc(N=C(N)N)n2)n1. The summed E-state index contributed by atoms with van der Waals surface area (Å²) in [5, 5.41) is 2.20. The number of carbonyl (C=O) groups is 1. The average molecular weight is 348 g/mol. The van der Waals surface area contributed by atoms with Crippen LogP contribution in [0, 0.1) is 5.92 Å². The number of ether oxygens (including phenoxy) is 1. The first kappa shape index (κ1) is 17.8. The zero-order valence-electron chi connectivity index (χ0n) is 13.5. The van der Waals surface area contributed by atoms with Crippen LogP contribution in [0.5, 0.6) is 0 Å². The lowest BCUT2D eigenvalue weighted by molar-refractivity contribution is -0.146. The number of guanidine groups is 1. The Balaban J connectivity index is 2.18. The lowest BCUT2D eigenvalue weighted by atomic mass is 10.1. The minimum absolute atomic E-state index is 0.0625. The summed E-state index contributed by atoms with van der Waals surface area (Å²) in [4.78, 5) is 24.5. The molecule has 8 nitrogen and oxygen atoms in total. The second-order valence-corrected chi connectivity index (χ2v) is 6.34. The molecule has 2 aromatic heterocycles. The lowest BCUT2D eigenvalue weighted by Crippen LogP contribution is -2.26. The first-order valence-corrected chi connectivity index (χ1v) is 8.19. The Kier molecular flexibility index (Phi) is 5.83. The predicted octanol–water partition coefficient (Wildman–Crippen LogP) is 1.31. The smallest absolute Gasteiger partial charge is 0.329 e. The fourth-order valence-corrected chi connectivity index (χ4v) is 2.47. The van der Waals surface area contributed by atoms with Gasteiger partial charge in [0.05, 0.1) is 18.0 Å². The molecule has 0 aliphatic carbocycles. The van der Waals surface area contributed by atoms with Gasteiger partial charge in [-0.15, -0.1) is 11.3 Å². The summed E-state index contributed by atoms with van der Waals surface area (Å²) in [7, 11) is 0. The number of rotatable bonds is 6. The number of nitrogens with zero attached hydrogens (tertiary/aromatic N) is 3. The molecule has 1 unspecified atom stereocenters. The highest BCUT2D eigenvalue weighted by Gasteiger charge is 2.20. The van der Waals surface area contributed by atoms with Gasteiger partial charge in [0.2, 0.25) is 5.13 Å². The molecule has 2 heterocycles. The Morgan fingerprint density at radius 1 is 1.29 bits per heavy atom. The van der Waals surface area contributed by atoms with E-state index in [1.54, 1.807) is 23.6 Å². The highest BCUT2D eigenvalue weighted by atomic mass is 32.1. The first-order valence-electron chi connectivity index (χ1n) is 7.31. The summed E-state index contributed by atoms with van der Waals surface area (Å²) in [6.45, 7) is 4.22. The summed E-state index contributed by atoms with van der Waals surface area (Å²) in [5.74, 6) is -0.329. The largest absolute Gasteiger partial charge is 0.464 e. The quantitative estimate of drug-likeness (QED) is 0.406. The number of carbonyl (C=O) groups excluding carboxylic acids is 1. The van der Waals surface area contributed by atoms with Crippen LogP contribution in [0.15, 0.2) is 28.6 Å². The van der Waals surface area contributed by atoms with Crippen molar-refractivity contribution in [1.29, 1.82) is 0 Å². The maximum Gasteiger partial charge on any atom is 0.329 e. The van der Waals surface area contributed by atoms with E-state index in [4.69, 9.17) is 21.9 Å². The number of aliphatic imine (C=N–C) groups is 1. The molecule has 0 aliphatic heterocycles. The van der Waals surface area contributed by atoms with Gasteiger partial charge in [-0.2, -0.15) is 4.99 Å². The summed E-state index contributed by atoms with van der Waals surface area (Å²) in [6.07, 6.45) is 0. The molecule has 2 aromatic rings. The molecule has 0 saturated heterocycles. The monoisotopic (exact) mass is 348 g/mol. The van der Waals surface area contributed by atoms with Crippen LogP contribution in [0.1, 0.15) is 25.6 Å². The number of pyridine rings is 1. The van der Waals surface area contributed by atoms with Crippen molar-refractivity contribution in [2.24, 2.45) is 28.1 Å². The van der Waals surface area contributed by atoms with Gasteiger partial charge in [0, 0.05) is 5.38 Å². The van der Waals surface area contributed by atoms with Crippen molar-refractivity contribution >= 4 is 28.4 Å². The number of thiazole rings is 1. The van der Waals surface area contributed by atoms with Gasteiger partial charge in [-0.1, -0.05) is 19.9 Å². The molecule has 24 heavy (non-hydrogen) atoms. The van der Waals surface area contributed by atoms with Crippen LogP contribution in [0.4, 0.5) is 5.13 Å². The zero-order chi connectivity index (χ0) is 17.7. The predicted molar refractivity (Wildman–Crippen MR) is 93.5 cm³/mol. The van der Waals surface area contributed by atoms with E-state index in [0.29, 0.717) is 28.8 Å². The molecule has 0 bridgehead atoms. The molecule has 2 rings (SSSR count). The first-order chi connectivity index (χ1) is 11.4. The standard InChI is InChI=1S/C15H20N6O2S/c1-8(2)6-23-13(22)12(16)10-5-3-4-9(19-10)11-7-24-15(20-11)21-14(17)18/h3-5,7-8,12H,6,16H2,1-2H3,(H4,17,18,20,21). The van der Waals surface area contributed by atoms with Crippen LogP contribution in [0.2, 0.25) is 0 Å². The van der Waals surface area contributed by atoms with E-state index < -0.39 is 12.0 Å². The van der Waals surface area contributed by atoms with Crippen molar-refractivity contribution in [3.63, 3.8) is 0 Å². The van der Waals surface area contributed by atoms with Gasteiger partial charge in [0.1, 0.15) is 11.7 Å². The van der Waals surface area contributed by atoms with Crippen molar-refractivity contribution in [3.05, 3.63) is 29.3 Å². The molecular weight excluding hydrogens is 328 g/mol. The van der Waals surface area contributed by atoms with Gasteiger partial charge >= 0.3 is 5.97 Å². The molecule has 0 saturated carbocycles. The van der Waals surface area contributed by atoms with Crippen molar-refractivity contribution < 1.29 is 9.53 Å².